The summed E-state index contributed by atoms with van der Waals surface area (Å²) in [6, 6.07) is 14.2. The molecular weight excluding hydrogens is 374 g/mol. The van der Waals surface area contributed by atoms with Crippen molar-refractivity contribution in [3.8, 4) is 0 Å². The number of nitro groups is 1. The molecular formula is C20H23N5O4. The Labute approximate surface area is 167 Å². The molecule has 1 amide bonds. The van der Waals surface area contributed by atoms with Gasteiger partial charge >= 0.3 is 0 Å². The van der Waals surface area contributed by atoms with Crippen molar-refractivity contribution in [3.05, 3.63) is 75.3 Å². The average Bonchev–Trinajstić information content (AvgIpc) is 3.16. The van der Waals surface area contributed by atoms with Gasteiger partial charge in [-0.3, -0.25) is 14.9 Å². The first-order valence-electron chi connectivity index (χ1n) is 9.22. The lowest BCUT2D eigenvalue weighted by Gasteiger charge is -2.29. The average molecular weight is 397 g/mol. The minimum atomic E-state index is -0.454. The second kappa shape index (κ2) is 8.48. The van der Waals surface area contributed by atoms with E-state index < -0.39 is 4.92 Å². The number of hydrazone groups is 1. The van der Waals surface area contributed by atoms with Gasteiger partial charge in [-0.25, -0.2) is 16.3 Å². The Kier molecular flexibility index (Phi) is 6.02. The molecule has 0 aromatic heterocycles. The van der Waals surface area contributed by atoms with Crippen molar-refractivity contribution in [1.29, 1.82) is 0 Å². The second-order valence-electron chi connectivity index (χ2n) is 7.13. The molecule has 1 aliphatic carbocycles. The highest BCUT2D eigenvalue weighted by molar-refractivity contribution is 6.00. The standard InChI is InChI=1S/C20H21N5O3.H2O/c1-12(14-6-4-7-15(11-14)25(27)28)21-24-20(26)19-17-10-9-13-5-2-3-8-16(13)18(17)22-23-19;/h2-8,11,17-19,22-23H,9-10H2,1H3,(H,24,26);1H2/b21-12+;. The van der Waals surface area contributed by atoms with Crippen molar-refractivity contribution in [2.75, 3.05) is 0 Å². The smallest absolute Gasteiger partial charge is 0.270 e. The molecule has 4 rings (SSSR count). The van der Waals surface area contributed by atoms with Crippen LogP contribution in [0.25, 0.3) is 0 Å². The Morgan fingerprint density at radius 2 is 2.00 bits per heavy atom. The van der Waals surface area contributed by atoms with Gasteiger partial charge in [0.1, 0.15) is 6.04 Å². The van der Waals surface area contributed by atoms with Crippen LogP contribution in [0.1, 0.15) is 36.1 Å². The van der Waals surface area contributed by atoms with Gasteiger partial charge in [0, 0.05) is 23.6 Å². The monoisotopic (exact) mass is 397 g/mol. The van der Waals surface area contributed by atoms with Crippen molar-refractivity contribution in [2.45, 2.75) is 31.8 Å². The zero-order chi connectivity index (χ0) is 19.7. The van der Waals surface area contributed by atoms with Crippen LogP contribution in [-0.4, -0.2) is 28.1 Å². The highest BCUT2D eigenvalue weighted by Gasteiger charge is 2.43. The summed E-state index contributed by atoms with van der Waals surface area (Å²) in [6.07, 6.45) is 1.85. The highest BCUT2D eigenvalue weighted by Crippen LogP contribution is 2.38. The van der Waals surface area contributed by atoms with Crippen LogP contribution in [-0.2, 0) is 11.2 Å². The maximum atomic E-state index is 12.7. The first kappa shape index (κ1) is 20.6. The van der Waals surface area contributed by atoms with E-state index in [1.807, 2.05) is 12.1 Å². The van der Waals surface area contributed by atoms with Gasteiger partial charge in [0.2, 0.25) is 0 Å². The van der Waals surface area contributed by atoms with E-state index in [0.717, 1.165) is 12.8 Å². The van der Waals surface area contributed by atoms with E-state index in [-0.39, 0.29) is 35.1 Å². The number of nitrogens with zero attached hydrogens (tertiary/aromatic N) is 2. The Bertz CT molecular complexity index is 961. The van der Waals surface area contributed by atoms with E-state index in [1.54, 1.807) is 19.1 Å². The van der Waals surface area contributed by atoms with Crippen LogP contribution in [0.3, 0.4) is 0 Å². The van der Waals surface area contributed by atoms with Gasteiger partial charge in [0.25, 0.3) is 11.6 Å². The van der Waals surface area contributed by atoms with Crippen molar-refractivity contribution < 1.29 is 15.2 Å². The fraction of sp³-hybridized carbons (Fsp3) is 0.300. The van der Waals surface area contributed by atoms with Crippen LogP contribution in [0.5, 0.6) is 0 Å². The number of carbonyl (C=O) groups excluding carboxylic acids is 1. The van der Waals surface area contributed by atoms with E-state index in [4.69, 9.17) is 0 Å². The molecule has 5 N–H and O–H groups in total. The van der Waals surface area contributed by atoms with Crippen LogP contribution in [0, 0.1) is 16.0 Å². The van der Waals surface area contributed by atoms with E-state index in [0.29, 0.717) is 11.3 Å². The van der Waals surface area contributed by atoms with Gasteiger partial charge in [-0.1, -0.05) is 36.4 Å². The third-order valence-electron chi connectivity index (χ3n) is 5.48. The predicted octanol–water partition coefficient (Wildman–Crippen LogP) is 1.39. The van der Waals surface area contributed by atoms with Gasteiger partial charge in [0.15, 0.2) is 0 Å². The van der Waals surface area contributed by atoms with E-state index in [1.165, 1.54) is 23.3 Å². The number of amides is 1. The summed E-state index contributed by atoms with van der Waals surface area (Å²) in [7, 11) is 0. The fourth-order valence-electron chi connectivity index (χ4n) is 3.99. The first-order chi connectivity index (χ1) is 13.5. The number of hydrogen-bond donors (Lipinski definition) is 3. The molecule has 1 aliphatic heterocycles. The van der Waals surface area contributed by atoms with Crippen LogP contribution < -0.4 is 16.3 Å². The lowest BCUT2D eigenvalue weighted by atomic mass is 9.77. The number of rotatable bonds is 4. The molecule has 0 radical (unpaired) electrons. The molecule has 3 atom stereocenters. The fourth-order valence-corrected chi connectivity index (χ4v) is 3.99. The lowest BCUT2D eigenvalue weighted by molar-refractivity contribution is -0.384. The minimum Gasteiger partial charge on any atom is -0.412 e. The van der Waals surface area contributed by atoms with Gasteiger partial charge < -0.3 is 5.48 Å². The summed E-state index contributed by atoms with van der Waals surface area (Å²) < 4.78 is 0. The molecule has 2 aromatic carbocycles. The molecule has 1 heterocycles. The third kappa shape index (κ3) is 4.02. The zero-order valence-electron chi connectivity index (χ0n) is 15.9. The lowest BCUT2D eigenvalue weighted by Crippen LogP contribution is -2.44. The Morgan fingerprint density at radius 1 is 1.21 bits per heavy atom. The number of nitro benzene ring substituents is 1. The van der Waals surface area contributed by atoms with Crippen LogP contribution in [0.2, 0.25) is 0 Å². The number of benzene rings is 2. The summed E-state index contributed by atoms with van der Waals surface area (Å²) in [6.45, 7) is 1.71. The Balaban J connectivity index is 0.00000240. The number of fused-ring (bicyclic) bond motifs is 3. The van der Waals surface area contributed by atoms with Gasteiger partial charge in [-0.2, -0.15) is 5.10 Å². The summed E-state index contributed by atoms with van der Waals surface area (Å²) in [5.74, 6) is -0.0765. The topological polar surface area (TPSA) is 140 Å². The molecule has 9 heteroatoms. The minimum absolute atomic E-state index is 0. The number of hydrogen-bond acceptors (Lipinski definition) is 6. The first-order valence-corrected chi connectivity index (χ1v) is 9.22. The van der Waals surface area contributed by atoms with Crippen molar-refractivity contribution >= 4 is 17.3 Å². The molecule has 0 bridgehead atoms. The van der Waals surface area contributed by atoms with E-state index >= 15 is 0 Å². The number of carbonyl (C=O) groups is 1. The zero-order valence-corrected chi connectivity index (χ0v) is 15.9. The maximum absolute atomic E-state index is 12.7. The molecule has 9 nitrogen and oxygen atoms in total. The van der Waals surface area contributed by atoms with Crippen LogP contribution >= 0.6 is 0 Å². The Morgan fingerprint density at radius 3 is 2.79 bits per heavy atom. The van der Waals surface area contributed by atoms with Gasteiger partial charge in [-0.15, -0.1) is 0 Å². The van der Waals surface area contributed by atoms with E-state index in [2.05, 4.69) is 33.5 Å². The third-order valence-corrected chi connectivity index (χ3v) is 5.48. The molecule has 0 saturated carbocycles. The molecule has 29 heavy (non-hydrogen) atoms. The van der Waals surface area contributed by atoms with Gasteiger partial charge in [0.05, 0.1) is 16.7 Å². The highest BCUT2D eigenvalue weighted by atomic mass is 16.6. The van der Waals surface area contributed by atoms with Crippen molar-refractivity contribution in [3.63, 3.8) is 0 Å². The molecule has 1 fully saturated rings. The normalized spacial score (nSPS) is 22.8. The molecule has 1 saturated heterocycles. The Hall–Kier alpha value is -3.14. The summed E-state index contributed by atoms with van der Waals surface area (Å²) >= 11 is 0. The summed E-state index contributed by atoms with van der Waals surface area (Å²) in [4.78, 5) is 23.2. The molecule has 0 spiro atoms. The van der Waals surface area contributed by atoms with Crippen molar-refractivity contribution in [2.24, 2.45) is 11.0 Å². The largest absolute Gasteiger partial charge is 0.412 e. The summed E-state index contributed by atoms with van der Waals surface area (Å²) in [5.41, 5.74) is 12.6. The number of nitrogens with one attached hydrogen (secondary N) is 3. The number of aryl methyl sites for hydroxylation is 1. The van der Waals surface area contributed by atoms with Gasteiger partial charge in [-0.05, 0) is 30.9 Å². The number of hydrazine groups is 1. The van der Waals surface area contributed by atoms with Crippen LogP contribution in [0.4, 0.5) is 5.69 Å². The molecule has 2 aliphatic rings. The van der Waals surface area contributed by atoms with Crippen LogP contribution in [0.15, 0.2) is 53.6 Å². The summed E-state index contributed by atoms with van der Waals surface area (Å²) in [5, 5.41) is 15.1. The SMILES string of the molecule is C/C(=N\NC(=O)C1NNC2c3ccccc3CCC12)c1cccc([N+](=O)[O-])c1.O. The molecule has 2 aromatic rings. The molecule has 152 valence electrons. The second-order valence-corrected chi connectivity index (χ2v) is 7.13. The quantitative estimate of drug-likeness (QED) is 0.406. The number of non-ortho nitro benzene ring substituents is 1. The van der Waals surface area contributed by atoms with E-state index in [9.17, 15) is 14.9 Å². The predicted molar refractivity (Wildman–Crippen MR) is 108 cm³/mol. The maximum Gasteiger partial charge on any atom is 0.270 e. The molecule has 3 unspecified atom stereocenters. The van der Waals surface area contributed by atoms with Crippen molar-refractivity contribution in [1.82, 2.24) is 16.3 Å².